The van der Waals surface area contributed by atoms with Gasteiger partial charge in [-0.05, 0) is 31.0 Å². The Labute approximate surface area is 205 Å². The van der Waals surface area contributed by atoms with Gasteiger partial charge in [0.05, 0.1) is 55.4 Å². The van der Waals surface area contributed by atoms with Crippen molar-refractivity contribution in [3.8, 4) is 17.2 Å². The van der Waals surface area contributed by atoms with E-state index in [1.165, 1.54) is 23.3 Å². The maximum atomic E-state index is 9.64. The molecule has 0 aliphatic rings. The molecule has 34 heavy (non-hydrogen) atoms. The van der Waals surface area contributed by atoms with E-state index in [-0.39, 0.29) is 0 Å². The van der Waals surface area contributed by atoms with Crippen LogP contribution in [0.2, 0.25) is 0 Å². The number of para-hydroxylation sites is 2. The van der Waals surface area contributed by atoms with Gasteiger partial charge < -0.3 is 29.4 Å². The Morgan fingerprint density at radius 2 is 1.85 bits per heavy atom. The van der Waals surface area contributed by atoms with E-state index in [1.54, 1.807) is 45.0 Å². The fourth-order valence-electron chi connectivity index (χ4n) is 3.06. The minimum Gasteiger partial charge on any atom is -0.497 e. The lowest BCUT2D eigenvalue weighted by molar-refractivity contribution is 0.154. The van der Waals surface area contributed by atoms with Crippen molar-refractivity contribution in [1.29, 1.82) is 0 Å². The highest BCUT2D eigenvalue weighted by molar-refractivity contribution is 8.02. The third-order valence-corrected chi connectivity index (χ3v) is 6.45. The zero-order valence-electron chi connectivity index (χ0n) is 18.9. The van der Waals surface area contributed by atoms with Crippen molar-refractivity contribution < 1.29 is 19.3 Å². The second-order valence-corrected chi connectivity index (χ2v) is 9.24. The van der Waals surface area contributed by atoms with E-state index < -0.39 is 6.10 Å². The number of ether oxygens (including phenoxy) is 3. The monoisotopic (exact) mass is 499 g/mol. The number of aliphatic hydroxyl groups is 1. The van der Waals surface area contributed by atoms with Crippen LogP contribution >= 0.6 is 23.3 Å². The highest BCUT2D eigenvalue weighted by atomic mass is 32.2. The number of methoxy groups -OCH3 is 2. The highest BCUT2D eigenvalue weighted by Gasteiger charge is 2.18. The number of aromatic nitrogens is 3. The first kappa shape index (κ1) is 23.9. The molecule has 3 N–H and O–H groups in total. The molecule has 2 heterocycles. The Morgan fingerprint density at radius 3 is 2.50 bits per heavy atom. The van der Waals surface area contributed by atoms with Crippen LogP contribution in [-0.2, 0) is 0 Å². The average molecular weight is 500 g/mol. The van der Waals surface area contributed by atoms with E-state index in [9.17, 15) is 5.11 Å². The van der Waals surface area contributed by atoms with Gasteiger partial charge in [-0.3, -0.25) is 4.98 Å². The topological polar surface area (TPSA) is 111 Å². The standard InChI is InChI=1S/C23H25N5O4S2/c1-14(29)8-9-32-21-18(10-15(30-2)11-19(21)31-3)27-22-23(28-34-20-12-24-13-33-20)26-17-7-5-4-6-16(17)25-22/h4-7,10-14,29H,8-9H2,1-3H3,(H,25,27)(H,26,28). The molecule has 2 aromatic carbocycles. The minimum absolute atomic E-state index is 0.310. The van der Waals surface area contributed by atoms with Gasteiger partial charge in [-0.2, -0.15) is 0 Å². The summed E-state index contributed by atoms with van der Waals surface area (Å²) in [6.45, 7) is 2.03. The van der Waals surface area contributed by atoms with E-state index in [0.717, 1.165) is 15.2 Å². The molecule has 0 amide bonds. The zero-order chi connectivity index (χ0) is 23.9. The Kier molecular flexibility index (Phi) is 7.88. The van der Waals surface area contributed by atoms with E-state index in [0.29, 0.717) is 47.6 Å². The number of nitrogens with one attached hydrogen (secondary N) is 2. The molecule has 0 saturated heterocycles. The van der Waals surface area contributed by atoms with Crippen LogP contribution in [0.3, 0.4) is 0 Å². The van der Waals surface area contributed by atoms with Crippen molar-refractivity contribution in [3.63, 3.8) is 0 Å². The molecule has 0 aliphatic heterocycles. The number of anilines is 3. The van der Waals surface area contributed by atoms with Crippen molar-refractivity contribution in [2.75, 3.05) is 30.9 Å². The number of thiazole rings is 1. The summed E-state index contributed by atoms with van der Waals surface area (Å²) in [6.07, 6.45) is 1.78. The molecular weight excluding hydrogens is 474 g/mol. The molecule has 1 unspecified atom stereocenters. The lowest BCUT2D eigenvalue weighted by atomic mass is 10.2. The van der Waals surface area contributed by atoms with Gasteiger partial charge >= 0.3 is 0 Å². The first-order valence-electron chi connectivity index (χ1n) is 10.5. The van der Waals surface area contributed by atoms with Gasteiger partial charge in [-0.1, -0.05) is 12.1 Å². The van der Waals surface area contributed by atoms with Gasteiger partial charge in [0, 0.05) is 18.6 Å². The molecule has 4 aromatic rings. The summed E-state index contributed by atoms with van der Waals surface area (Å²) in [5, 5.41) is 13.0. The van der Waals surface area contributed by atoms with E-state index in [4.69, 9.17) is 24.2 Å². The SMILES string of the molecule is COc1cc(Nc2nc3ccccc3nc2NSc2cncs2)c(OCCC(C)O)c(OC)c1. The Morgan fingerprint density at radius 1 is 1.09 bits per heavy atom. The second kappa shape index (κ2) is 11.2. The molecule has 0 saturated carbocycles. The zero-order valence-corrected chi connectivity index (χ0v) is 20.6. The summed E-state index contributed by atoms with van der Waals surface area (Å²) < 4.78 is 21.3. The van der Waals surface area contributed by atoms with Crippen molar-refractivity contribution >= 4 is 51.6 Å². The van der Waals surface area contributed by atoms with Crippen LogP contribution in [-0.4, -0.2) is 47.0 Å². The molecule has 0 radical (unpaired) electrons. The van der Waals surface area contributed by atoms with Crippen molar-refractivity contribution in [3.05, 3.63) is 48.1 Å². The third-order valence-electron chi connectivity index (χ3n) is 4.75. The molecule has 2 aromatic heterocycles. The third kappa shape index (κ3) is 5.79. The van der Waals surface area contributed by atoms with Gasteiger partial charge in [-0.25, -0.2) is 9.97 Å². The number of hydrogen-bond donors (Lipinski definition) is 3. The molecular formula is C23H25N5O4S2. The highest BCUT2D eigenvalue weighted by Crippen LogP contribution is 2.42. The van der Waals surface area contributed by atoms with Gasteiger partial charge in [0.1, 0.15) is 9.96 Å². The first-order chi connectivity index (χ1) is 16.6. The lowest BCUT2D eigenvalue weighted by Crippen LogP contribution is -2.10. The number of benzene rings is 2. The number of fused-ring (bicyclic) bond motifs is 1. The molecule has 0 bridgehead atoms. The predicted molar refractivity (Wildman–Crippen MR) is 136 cm³/mol. The molecule has 0 aliphatic carbocycles. The van der Waals surface area contributed by atoms with Crippen molar-refractivity contribution in [2.24, 2.45) is 0 Å². The number of aliphatic hydroxyl groups excluding tert-OH is 1. The number of hydrogen-bond acceptors (Lipinski definition) is 11. The van der Waals surface area contributed by atoms with Crippen LogP contribution in [0.5, 0.6) is 17.2 Å². The Hall–Kier alpha value is -3.28. The van der Waals surface area contributed by atoms with Crippen molar-refractivity contribution in [2.45, 2.75) is 23.7 Å². The van der Waals surface area contributed by atoms with Crippen LogP contribution in [0, 0.1) is 0 Å². The largest absolute Gasteiger partial charge is 0.497 e. The maximum Gasteiger partial charge on any atom is 0.184 e. The van der Waals surface area contributed by atoms with Gasteiger partial charge in [0.25, 0.3) is 0 Å². The smallest absolute Gasteiger partial charge is 0.184 e. The molecule has 0 fully saturated rings. The van der Waals surface area contributed by atoms with Crippen LogP contribution in [0.1, 0.15) is 13.3 Å². The van der Waals surface area contributed by atoms with Crippen LogP contribution in [0.4, 0.5) is 17.3 Å². The lowest BCUT2D eigenvalue weighted by Gasteiger charge is -2.19. The molecule has 1 atom stereocenters. The molecule has 0 spiro atoms. The molecule has 9 nitrogen and oxygen atoms in total. The van der Waals surface area contributed by atoms with Crippen LogP contribution < -0.4 is 24.2 Å². The first-order valence-corrected chi connectivity index (χ1v) is 12.2. The quantitative estimate of drug-likeness (QED) is 0.241. The predicted octanol–water partition coefficient (Wildman–Crippen LogP) is 5.12. The fourth-order valence-corrected chi connectivity index (χ4v) is 4.31. The van der Waals surface area contributed by atoms with Gasteiger partial charge in [0.15, 0.2) is 23.1 Å². The summed E-state index contributed by atoms with van der Waals surface area (Å²) in [6, 6.07) is 11.2. The van der Waals surface area contributed by atoms with Gasteiger partial charge in [-0.15, -0.1) is 11.3 Å². The average Bonchev–Trinajstić information content (AvgIpc) is 3.36. The normalized spacial score (nSPS) is 11.8. The Balaban J connectivity index is 1.72. The number of nitrogens with zero attached hydrogens (tertiary/aromatic N) is 3. The summed E-state index contributed by atoms with van der Waals surface area (Å²) in [5.41, 5.74) is 3.87. The second-order valence-electron chi connectivity index (χ2n) is 7.25. The van der Waals surface area contributed by atoms with E-state index in [1.807, 2.05) is 24.3 Å². The van der Waals surface area contributed by atoms with E-state index >= 15 is 0 Å². The fraction of sp³-hybridized carbons (Fsp3) is 0.261. The van der Waals surface area contributed by atoms with Crippen LogP contribution in [0.25, 0.3) is 11.0 Å². The maximum absolute atomic E-state index is 9.64. The van der Waals surface area contributed by atoms with Crippen LogP contribution in [0.15, 0.2) is 52.3 Å². The summed E-state index contributed by atoms with van der Waals surface area (Å²) in [4.78, 5) is 13.7. The summed E-state index contributed by atoms with van der Waals surface area (Å²) in [7, 11) is 3.15. The number of rotatable bonds is 11. The van der Waals surface area contributed by atoms with Crippen molar-refractivity contribution in [1.82, 2.24) is 15.0 Å². The van der Waals surface area contributed by atoms with Gasteiger partial charge in [0.2, 0.25) is 0 Å². The molecule has 4 rings (SSSR count). The summed E-state index contributed by atoms with van der Waals surface area (Å²) in [5.74, 6) is 2.62. The molecule has 178 valence electrons. The van der Waals surface area contributed by atoms with E-state index in [2.05, 4.69) is 15.0 Å². The Bertz CT molecular complexity index is 1240. The summed E-state index contributed by atoms with van der Waals surface area (Å²) >= 11 is 2.93. The minimum atomic E-state index is -0.480. The molecule has 11 heteroatoms.